The Kier molecular flexibility index (Phi) is 4.42. The Morgan fingerprint density at radius 3 is 2.56 bits per heavy atom. The standard InChI is InChI=1S/C11H16N2O4S/c1-11(2,3)18(17)12-7-8-6-9(13(15)16)4-5-10(8)14/h4-6,12,14H,7H2,1-3H3/t18-/m0/s1. The molecule has 0 saturated carbocycles. The molecule has 0 spiro atoms. The van der Waals surface area contributed by atoms with Crippen molar-refractivity contribution in [2.75, 3.05) is 0 Å². The number of hydrogen-bond donors (Lipinski definition) is 2. The number of nitrogens with zero attached hydrogens (tertiary/aromatic N) is 1. The molecular weight excluding hydrogens is 256 g/mol. The minimum atomic E-state index is -1.29. The molecule has 0 unspecified atom stereocenters. The van der Waals surface area contributed by atoms with Crippen molar-refractivity contribution in [3.05, 3.63) is 33.9 Å². The highest BCUT2D eigenvalue weighted by Gasteiger charge is 2.20. The lowest BCUT2D eigenvalue weighted by Crippen LogP contribution is -2.32. The normalized spacial score (nSPS) is 13.3. The van der Waals surface area contributed by atoms with Gasteiger partial charge in [0.15, 0.2) is 0 Å². The Morgan fingerprint density at radius 1 is 1.44 bits per heavy atom. The molecule has 6 nitrogen and oxygen atoms in total. The molecule has 0 amide bonds. The van der Waals surface area contributed by atoms with Gasteiger partial charge in [-0.1, -0.05) is 0 Å². The average Bonchev–Trinajstić information content (AvgIpc) is 2.25. The molecule has 0 radical (unpaired) electrons. The number of hydrogen-bond acceptors (Lipinski definition) is 4. The van der Waals surface area contributed by atoms with Crippen molar-refractivity contribution < 1.29 is 14.2 Å². The van der Waals surface area contributed by atoms with Crippen molar-refractivity contribution in [1.29, 1.82) is 0 Å². The van der Waals surface area contributed by atoms with E-state index in [0.717, 1.165) is 0 Å². The third kappa shape index (κ3) is 3.78. The molecule has 0 aromatic heterocycles. The molecule has 0 heterocycles. The molecule has 2 N–H and O–H groups in total. The van der Waals surface area contributed by atoms with Gasteiger partial charge in [-0.05, 0) is 26.8 Å². The first-order valence-corrected chi connectivity index (χ1v) is 6.48. The molecule has 1 aromatic carbocycles. The highest BCUT2D eigenvalue weighted by atomic mass is 32.2. The van der Waals surface area contributed by atoms with Crippen LogP contribution < -0.4 is 4.72 Å². The van der Waals surface area contributed by atoms with E-state index in [4.69, 9.17) is 0 Å². The summed E-state index contributed by atoms with van der Waals surface area (Å²) in [4.78, 5) is 10.1. The fraction of sp³-hybridized carbons (Fsp3) is 0.455. The van der Waals surface area contributed by atoms with Crippen LogP contribution in [0.2, 0.25) is 0 Å². The second kappa shape index (κ2) is 5.45. The monoisotopic (exact) mass is 272 g/mol. The molecule has 0 aliphatic heterocycles. The summed E-state index contributed by atoms with van der Waals surface area (Å²) in [6.07, 6.45) is 0. The summed E-state index contributed by atoms with van der Waals surface area (Å²) >= 11 is 0. The Hall–Kier alpha value is -1.47. The van der Waals surface area contributed by atoms with Gasteiger partial charge in [-0.15, -0.1) is 0 Å². The van der Waals surface area contributed by atoms with E-state index in [1.54, 1.807) is 0 Å². The second-order valence-corrected chi connectivity index (χ2v) is 6.82. The van der Waals surface area contributed by atoms with Crippen molar-refractivity contribution in [3.8, 4) is 5.75 Å². The molecule has 0 fully saturated rings. The van der Waals surface area contributed by atoms with Crippen LogP contribution in [0.15, 0.2) is 18.2 Å². The lowest BCUT2D eigenvalue weighted by molar-refractivity contribution is -0.384. The minimum absolute atomic E-state index is 0.0565. The summed E-state index contributed by atoms with van der Waals surface area (Å²) in [6, 6.07) is 3.75. The summed E-state index contributed by atoms with van der Waals surface area (Å²) in [5.74, 6) is -0.0565. The lowest BCUT2D eigenvalue weighted by atomic mass is 10.2. The van der Waals surface area contributed by atoms with Crippen LogP contribution in [0.5, 0.6) is 5.75 Å². The van der Waals surface area contributed by atoms with Crippen molar-refractivity contribution >= 4 is 16.7 Å². The first kappa shape index (κ1) is 14.6. The van der Waals surface area contributed by atoms with Crippen LogP contribution in [0.4, 0.5) is 5.69 Å². The molecule has 1 aromatic rings. The third-order valence-electron chi connectivity index (χ3n) is 2.22. The number of nitrogens with one attached hydrogen (secondary N) is 1. The maximum Gasteiger partial charge on any atom is 0.270 e. The molecule has 7 heteroatoms. The summed E-state index contributed by atoms with van der Waals surface area (Å²) in [7, 11) is -1.29. The Labute approximate surface area is 108 Å². The highest BCUT2D eigenvalue weighted by molar-refractivity contribution is 7.84. The van der Waals surface area contributed by atoms with Crippen LogP contribution in [-0.4, -0.2) is 19.0 Å². The molecule has 100 valence electrons. The highest BCUT2D eigenvalue weighted by Crippen LogP contribution is 2.23. The van der Waals surface area contributed by atoms with Crippen LogP contribution in [0.3, 0.4) is 0 Å². The average molecular weight is 272 g/mol. The van der Waals surface area contributed by atoms with Gasteiger partial charge in [0, 0.05) is 24.2 Å². The van der Waals surface area contributed by atoms with E-state index in [1.807, 2.05) is 20.8 Å². The van der Waals surface area contributed by atoms with E-state index >= 15 is 0 Å². The van der Waals surface area contributed by atoms with Crippen LogP contribution in [0.25, 0.3) is 0 Å². The predicted octanol–water partition coefficient (Wildman–Crippen LogP) is 1.85. The molecule has 0 bridgehead atoms. The zero-order chi connectivity index (χ0) is 13.9. The molecule has 1 atom stereocenters. The summed E-state index contributed by atoms with van der Waals surface area (Å²) in [5, 5.41) is 20.2. The molecule has 0 saturated heterocycles. The van der Waals surface area contributed by atoms with E-state index in [1.165, 1.54) is 18.2 Å². The molecule has 0 aliphatic rings. The number of nitro groups is 1. The number of non-ortho nitro benzene ring substituents is 1. The zero-order valence-electron chi connectivity index (χ0n) is 10.5. The van der Waals surface area contributed by atoms with E-state index in [2.05, 4.69) is 4.72 Å². The SMILES string of the molecule is CC(C)(C)[S@](=O)NCc1cc([N+](=O)[O-])ccc1O. The summed E-state index contributed by atoms with van der Waals surface area (Å²) in [6.45, 7) is 5.54. The fourth-order valence-corrected chi connectivity index (χ4v) is 1.91. The number of phenols is 1. The largest absolute Gasteiger partial charge is 0.508 e. The van der Waals surface area contributed by atoms with Gasteiger partial charge >= 0.3 is 0 Å². The smallest absolute Gasteiger partial charge is 0.270 e. The van der Waals surface area contributed by atoms with Crippen LogP contribution in [-0.2, 0) is 17.5 Å². The van der Waals surface area contributed by atoms with Gasteiger partial charge in [-0.25, -0.2) is 8.93 Å². The Morgan fingerprint density at radius 2 is 2.06 bits per heavy atom. The first-order valence-electron chi connectivity index (χ1n) is 5.33. The molecule has 18 heavy (non-hydrogen) atoms. The van der Waals surface area contributed by atoms with E-state index in [9.17, 15) is 19.4 Å². The molecule has 1 rings (SSSR count). The van der Waals surface area contributed by atoms with Crippen molar-refractivity contribution in [3.63, 3.8) is 0 Å². The van der Waals surface area contributed by atoms with E-state index < -0.39 is 20.7 Å². The van der Waals surface area contributed by atoms with Crippen molar-refractivity contribution in [2.45, 2.75) is 32.1 Å². The first-order chi connectivity index (χ1) is 8.21. The van der Waals surface area contributed by atoms with Gasteiger partial charge in [-0.2, -0.15) is 0 Å². The van der Waals surface area contributed by atoms with E-state index in [0.29, 0.717) is 5.56 Å². The molecule has 0 aliphatic carbocycles. The maximum atomic E-state index is 11.8. The van der Waals surface area contributed by atoms with Crippen LogP contribution >= 0.6 is 0 Å². The van der Waals surface area contributed by atoms with Crippen molar-refractivity contribution in [2.24, 2.45) is 0 Å². The van der Waals surface area contributed by atoms with Gasteiger partial charge in [-0.3, -0.25) is 10.1 Å². The number of aromatic hydroxyl groups is 1. The summed E-state index contributed by atoms with van der Waals surface area (Å²) in [5.41, 5.74) is 0.243. The van der Waals surface area contributed by atoms with Gasteiger partial charge in [0.1, 0.15) is 5.75 Å². The zero-order valence-corrected chi connectivity index (χ0v) is 11.3. The molecular formula is C11H16N2O4S. The van der Waals surface area contributed by atoms with E-state index in [-0.39, 0.29) is 18.0 Å². The van der Waals surface area contributed by atoms with Gasteiger partial charge in [0.25, 0.3) is 5.69 Å². The quantitative estimate of drug-likeness (QED) is 0.646. The van der Waals surface area contributed by atoms with Crippen LogP contribution in [0.1, 0.15) is 26.3 Å². The van der Waals surface area contributed by atoms with Gasteiger partial charge < -0.3 is 5.11 Å². The number of nitro benzene ring substituents is 1. The Bertz CT molecular complexity index is 482. The van der Waals surface area contributed by atoms with Gasteiger partial charge in [0.2, 0.25) is 0 Å². The second-order valence-electron chi connectivity index (χ2n) is 4.77. The lowest BCUT2D eigenvalue weighted by Gasteiger charge is -2.18. The predicted molar refractivity (Wildman–Crippen MR) is 69.5 cm³/mol. The van der Waals surface area contributed by atoms with Gasteiger partial charge in [0.05, 0.1) is 20.7 Å². The summed E-state index contributed by atoms with van der Waals surface area (Å²) < 4.78 is 14.1. The minimum Gasteiger partial charge on any atom is -0.508 e. The number of benzene rings is 1. The maximum absolute atomic E-state index is 11.8. The number of rotatable bonds is 4. The number of phenolic OH excluding ortho intramolecular Hbond substituents is 1. The Balaban J connectivity index is 2.82. The van der Waals surface area contributed by atoms with Crippen LogP contribution in [0, 0.1) is 10.1 Å². The fourth-order valence-electron chi connectivity index (χ4n) is 1.19. The third-order valence-corrected chi connectivity index (χ3v) is 3.74. The van der Waals surface area contributed by atoms with Crippen molar-refractivity contribution in [1.82, 2.24) is 4.72 Å². The topological polar surface area (TPSA) is 92.5 Å².